The molecule has 34 heavy (non-hydrogen) atoms. The summed E-state index contributed by atoms with van der Waals surface area (Å²) in [6.07, 6.45) is -0.242. The maximum Gasteiger partial charge on any atom is 0.332 e. The van der Waals surface area contributed by atoms with Crippen LogP contribution < -0.4 is 15.0 Å². The average molecular weight is 461 g/mol. The molecule has 174 valence electrons. The Bertz CT molecular complexity index is 1230. The third-order valence-electron chi connectivity index (χ3n) is 5.57. The number of halogens is 1. The number of ether oxygens (including phenoxy) is 1. The number of nitrogens with one attached hydrogen (secondary N) is 1. The van der Waals surface area contributed by atoms with Gasteiger partial charge in [0.2, 0.25) is 5.91 Å². The normalized spacial score (nSPS) is 15.6. The number of benzene rings is 3. The number of methoxy groups -OCH3 is 1. The largest absolute Gasteiger partial charge is 0.497 e. The van der Waals surface area contributed by atoms with E-state index in [4.69, 9.17) is 4.74 Å². The van der Waals surface area contributed by atoms with Crippen LogP contribution in [0, 0.1) is 12.7 Å². The number of carbonyl (C=O) groups is 3. The van der Waals surface area contributed by atoms with Crippen LogP contribution in [0.4, 0.5) is 20.6 Å². The van der Waals surface area contributed by atoms with E-state index in [9.17, 15) is 18.8 Å². The summed E-state index contributed by atoms with van der Waals surface area (Å²) in [7, 11) is 1.55. The number of urea groups is 1. The highest BCUT2D eigenvalue weighted by Crippen LogP contribution is 2.29. The molecular formula is C26H24FN3O4. The molecule has 1 saturated heterocycles. The van der Waals surface area contributed by atoms with Crippen LogP contribution in [-0.2, 0) is 16.1 Å². The van der Waals surface area contributed by atoms with Gasteiger partial charge in [0.25, 0.3) is 5.91 Å². The number of nitrogens with zero attached hydrogens (tertiary/aromatic N) is 2. The van der Waals surface area contributed by atoms with Crippen molar-refractivity contribution in [2.45, 2.75) is 25.9 Å². The number of amides is 4. The molecule has 1 N–H and O–H groups in total. The molecule has 0 aliphatic carbocycles. The smallest absolute Gasteiger partial charge is 0.332 e. The van der Waals surface area contributed by atoms with Gasteiger partial charge in [-0.05, 0) is 66.6 Å². The number of hydrogen-bond acceptors (Lipinski definition) is 4. The second kappa shape index (κ2) is 9.74. The molecule has 1 aliphatic heterocycles. The number of rotatable bonds is 7. The van der Waals surface area contributed by atoms with E-state index in [1.54, 1.807) is 55.6 Å². The second-order valence-electron chi connectivity index (χ2n) is 8.05. The summed E-state index contributed by atoms with van der Waals surface area (Å²) in [6, 6.07) is 18.0. The molecule has 3 aromatic carbocycles. The molecule has 1 fully saturated rings. The molecule has 0 radical (unpaired) electrons. The fraction of sp³-hybridized carbons (Fsp3) is 0.192. The Morgan fingerprint density at radius 1 is 1.03 bits per heavy atom. The predicted octanol–water partition coefficient (Wildman–Crippen LogP) is 4.51. The minimum Gasteiger partial charge on any atom is -0.497 e. The summed E-state index contributed by atoms with van der Waals surface area (Å²) in [4.78, 5) is 41.9. The summed E-state index contributed by atoms with van der Waals surface area (Å²) in [5.74, 6) is -0.729. The predicted molar refractivity (Wildman–Crippen MR) is 126 cm³/mol. The quantitative estimate of drug-likeness (QED) is 0.525. The van der Waals surface area contributed by atoms with Gasteiger partial charge in [-0.1, -0.05) is 24.3 Å². The van der Waals surface area contributed by atoms with Crippen molar-refractivity contribution in [2.24, 2.45) is 0 Å². The number of imide groups is 1. The fourth-order valence-corrected chi connectivity index (χ4v) is 3.91. The molecule has 1 atom stereocenters. The molecule has 4 rings (SSSR count). The molecule has 0 aromatic heterocycles. The third kappa shape index (κ3) is 4.91. The van der Waals surface area contributed by atoms with Gasteiger partial charge in [-0.25, -0.2) is 14.1 Å². The molecule has 0 unspecified atom stereocenters. The van der Waals surface area contributed by atoms with E-state index in [1.165, 1.54) is 23.1 Å². The van der Waals surface area contributed by atoms with Gasteiger partial charge in [-0.3, -0.25) is 9.59 Å². The van der Waals surface area contributed by atoms with Crippen LogP contribution in [0.2, 0.25) is 0 Å². The van der Waals surface area contributed by atoms with Crippen molar-refractivity contribution in [3.63, 3.8) is 0 Å². The first-order valence-electron chi connectivity index (χ1n) is 10.8. The van der Waals surface area contributed by atoms with Crippen LogP contribution in [0.5, 0.6) is 5.75 Å². The van der Waals surface area contributed by atoms with Gasteiger partial charge >= 0.3 is 6.03 Å². The highest BCUT2D eigenvalue weighted by Gasteiger charge is 2.46. The highest BCUT2D eigenvalue weighted by atomic mass is 19.1. The molecule has 4 amide bonds. The Morgan fingerprint density at radius 2 is 1.76 bits per heavy atom. The van der Waals surface area contributed by atoms with Crippen molar-refractivity contribution >= 4 is 29.2 Å². The monoisotopic (exact) mass is 461 g/mol. The SMILES string of the molecule is COc1ccc(NC(=O)C[C@@H]2C(=O)N(c3cccc(C)c3)C(=O)N2Cc2cccc(F)c2)cc1. The van der Waals surface area contributed by atoms with Crippen LogP contribution in [0.25, 0.3) is 0 Å². The van der Waals surface area contributed by atoms with Crippen LogP contribution in [-0.4, -0.2) is 35.9 Å². The lowest BCUT2D eigenvalue weighted by Crippen LogP contribution is -2.37. The summed E-state index contributed by atoms with van der Waals surface area (Å²) in [5, 5.41) is 2.75. The van der Waals surface area contributed by atoms with Crippen molar-refractivity contribution in [3.05, 3.63) is 89.7 Å². The Kier molecular flexibility index (Phi) is 6.58. The van der Waals surface area contributed by atoms with E-state index in [0.29, 0.717) is 22.7 Å². The van der Waals surface area contributed by atoms with Gasteiger partial charge in [0, 0.05) is 12.2 Å². The summed E-state index contributed by atoms with van der Waals surface area (Å²) >= 11 is 0. The Morgan fingerprint density at radius 3 is 2.44 bits per heavy atom. The zero-order chi connectivity index (χ0) is 24.2. The van der Waals surface area contributed by atoms with E-state index in [-0.39, 0.29) is 13.0 Å². The molecule has 3 aromatic rings. The van der Waals surface area contributed by atoms with Gasteiger partial charge in [0.1, 0.15) is 17.6 Å². The molecule has 7 nitrogen and oxygen atoms in total. The van der Waals surface area contributed by atoms with E-state index in [1.807, 2.05) is 13.0 Å². The van der Waals surface area contributed by atoms with Crippen molar-refractivity contribution in [1.29, 1.82) is 0 Å². The Hall–Kier alpha value is -4.20. The van der Waals surface area contributed by atoms with Gasteiger partial charge in [-0.15, -0.1) is 0 Å². The molecule has 0 spiro atoms. The lowest BCUT2D eigenvalue weighted by Gasteiger charge is -2.21. The molecular weight excluding hydrogens is 437 g/mol. The van der Waals surface area contributed by atoms with Gasteiger partial charge < -0.3 is 15.0 Å². The number of carbonyl (C=O) groups excluding carboxylic acids is 3. The number of aryl methyl sites for hydroxylation is 1. The first kappa shape index (κ1) is 23.0. The number of anilines is 2. The summed E-state index contributed by atoms with van der Waals surface area (Å²) < 4.78 is 18.9. The van der Waals surface area contributed by atoms with Crippen LogP contribution >= 0.6 is 0 Å². The zero-order valence-electron chi connectivity index (χ0n) is 18.8. The molecule has 1 heterocycles. The van der Waals surface area contributed by atoms with Crippen molar-refractivity contribution in [1.82, 2.24) is 4.90 Å². The van der Waals surface area contributed by atoms with Gasteiger partial charge in [0.05, 0.1) is 19.2 Å². The van der Waals surface area contributed by atoms with E-state index < -0.39 is 29.7 Å². The van der Waals surface area contributed by atoms with Crippen LogP contribution in [0.3, 0.4) is 0 Å². The average Bonchev–Trinajstić information content (AvgIpc) is 3.03. The standard InChI is InChI=1S/C26H24FN3O4/c1-17-5-3-8-21(13-17)30-25(32)23(15-24(31)28-20-9-11-22(34-2)12-10-20)29(26(30)33)16-18-6-4-7-19(27)14-18/h3-14,23H,15-16H2,1-2H3,(H,28,31)/t23-/m1/s1. The van der Waals surface area contributed by atoms with Crippen molar-refractivity contribution < 1.29 is 23.5 Å². The van der Waals surface area contributed by atoms with Gasteiger partial charge in [-0.2, -0.15) is 0 Å². The zero-order valence-corrected chi connectivity index (χ0v) is 18.8. The van der Waals surface area contributed by atoms with E-state index in [2.05, 4.69) is 5.32 Å². The molecule has 0 saturated carbocycles. The molecule has 8 heteroatoms. The highest BCUT2D eigenvalue weighted by molar-refractivity contribution is 6.22. The summed E-state index contributed by atoms with van der Waals surface area (Å²) in [6.45, 7) is 1.85. The lowest BCUT2D eigenvalue weighted by atomic mass is 10.1. The maximum absolute atomic E-state index is 13.8. The number of hydrogen-bond donors (Lipinski definition) is 1. The maximum atomic E-state index is 13.8. The van der Waals surface area contributed by atoms with Crippen LogP contribution in [0.1, 0.15) is 17.5 Å². The summed E-state index contributed by atoms with van der Waals surface area (Å²) in [5.41, 5.74) is 2.37. The first-order valence-corrected chi connectivity index (χ1v) is 10.8. The van der Waals surface area contributed by atoms with Crippen molar-refractivity contribution in [3.8, 4) is 5.75 Å². The van der Waals surface area contributed by atoms with Crippen molar-refractivity contribution in [2.75, 3.05) is 17.3 Å². The van der Waals surface area contributed by atoms with E-state index in [0.717, 1.165) is 10.5 Å². The van der Waals surface area contributed by atoms with Crippen LogP contribution in [0.15, 0.2) is 72.8 Å². The molecule has 0 bridgehead atoms. The third-order valence-corrected chi connectivity index (χ3v) is 5.57. The minimum absolute atomic E-state index is 0.00880. The van der Waals surface area contributed by atoms with E-state index >= 15 is 0 Å². The van der Waals surface area contributed by atoms with Gasteiger partial charge in [0.15, 0.2) is 0 Å². The Labute approximate surface area is 196 Å². The fourth-order valence-electron chi connectivity index (χ4n) is 3.91. The second-order valence-corrected chi connectivity index (χ2v) is 8.05. The lowest BCUT2D eigenvalue weighted by molar-refractivity contribution is -0.124. The topological polar surface area (TPSA) is 79.0 Å². The Balaban J connectivity index is 1.59. The first-order chi connectivity index (χ1) is 16.4. The minimum atomic E-state index is -1.03. The molecule has 1 aliphatic rings.